The van der Waals surface area contributed by atoms with Gasteiger partial charge in [-0.3, -0.25) is 0 Å². The van der Waals surface area contributed by atoms with E-state index < -0.39 is 0 Å². The number of nitrogens with zero attached hydrogens (tertiary/aromatic N) is 3. The first-order valence-corrected chi connectivity index (χ1v) is 10.6. The van der Waals surface area contributed by atoms with E-state index in [2.05, 4.69) is 54.1 Å². The number of nitrogen functional groups attached to an aromatic ring is 2. The predicted molar refractivity (Wildman–Crippen MR) is 121 cm³/mol. The zero-order valence-electron chi connectivity index (χ0n) is 18.5. The van der Waals surface area contributed by atoms with Gasteiger partial charge in [-0.2, -0.15) is 4.98 Å². The molecular weight excluding hydrogens is 362 g/mol. The highest BCUT2D eigenvalue weighted by molar-refractivity contribution is 5.45. The molecule has 1 aromatic heterocycles. The molecule has 160 valence electrons. The van der Waals surface area contributed by atoms with Crippen LogP contribution < -0.4 is 16.2 Å². The van der Waals surface area contributed by atoms with Crippen LogP contribution in [-0.4, -0.2) is 42.1 Å². The number of unbranched alkanes of at least 4 members (excludes halogenated alkanes) is 3. The molecule has 0 unspecified atom stereocenters. The number of aryl methyl sites for hydroxylation is 3. The molecule has 2 rings (SSSR count). The number of aromatic nitrogens is 2. The van der Waals surface area contributed by atoms with Crippen molar-refractivity contribution in [2.24, 2.45) is 0 Å². The second-order valence-electron chi connectivity index (χ2n) is 8.04. The van der Waals surface area contributed by atoms with Gasteiger partial charge in [0.15, 0.2) is 0 Å². The maximum atomic E-state index is 5.98. The van der Waals surface area contributed by atoms with Gasteiger partial charge in [0.1, 0.15) is 11.6 Å². The van der Waals surface area contributed by atoms with Crippen LogP contribution in [0.3, 0.4) is 0 Å². The van der Waals surface area contributed by atoms with Crippen molar-refractivity contribution in [2.45, 2.75) is 58.8 Å². The van der Waals surface area contributed by atoms with Crippen LogP contribution in [0.1, 0.15) is 54.5 Å². The van der Waals surface area contributed by atoms with Crippen molar-refractivity contribution in [1.29, 1.82) is 0 Å². The second-order valence-corrected chi connectivity index (χ2v) is 8.04. The number of nitrogens with two attached hydrogens (primary N) is 2. The van der Waals surface area contributed by atoms with Gasteiger partial charge >= 0.3 is 0 Å². The van der Waals surface area contributed by atoms with Crippen LogP contribution in [0.5, 0.6) is 5.75 Å². The van der Waals surface area contributed by atoms with Gasteiger partial charge in [0, 0.05) is 17.8 Å². The van der Waals surface area contributed by atoms with E-state index in [9.17, 15) is 0 Å². The highest BCUT2D eigenvalue weighted by atomic mass is 16.5. The van der Waals surface area contributed by atoms with Crippen LogP contribution in [0.2, 0.25) is 0 Å². The fourth-order valence-corrected chi connectivity index (χ4v) is 3.53. The van der Waals surface area contributed by atoms with Crippen molar-refractivity contribution in [3.63, 3.8) is 0 Å². The molecular formula is C23H37N5O. The average Bonchev–Trinajstić information content (AvgIpc) is 2.64. The fraction of sp³-hybridized carbons (Fsp3) is 0.565. The molecule has 0 aliphatic rings. The highest BCUT2D eigenvalue weighted by Crippen LogP contribution is 2.21. The van der Waals surface area contributed by atoms with Gasteiger partial charge in [0.25, 0.3) is 0 Å². The van der Waals surface area contributed by atoms with Crippen molar-refractivity contribution < 1.29 is 4.74 Å². The summed E-state index contributed by atoms with van der Waals surface area (Å²) in [6, 6.07) is 6.48. The van der Waals surface area contributed by atoms with E-state index in [4.69, 9.17) is 16.2 Å². The zero-order valence-corrected chi connectivity index (χ0v) is 18.5. The van der Waals surface area contributed by atoms with E-state index in [-0.39, 0.29) is 5.95 Å². The molecule has 1 heterocycles. The second kappa shape index (κ2) is 11.6. The molecule has 0 aliphatic carbocycles. The van der Waals surface area contributed by atoms with Gasteiger partial charge in [0.2, 0.25) is 5.95 Å². The van der Waals surface area contributed by atoms with E-state index in [1.807, 2.05) is 6.92 Å². The molecule has 4 N–H and O–H groups in total. The van der Waals surface area contributed by atoms with Gasteiger partial charge in [-0.1, -0.05) is 18.9 Å². The molecule has 0 radical (unpaired) electrons. The van der Waals surface area contributed by atoms with Crippen molar-refractivity contribution in [2.75, 3.05) is 38.7 Å². The molecule has 0 saturated heterocycles. The van der Waals surface area contributed by atoms with Crippen LogP contribution in [0, 0.1) is 13.8 Å². The maximum Gasteiger partial charge on any atom is 0.222 e. The van der Waals surface area contributed by atoms with E-state index in [0.29, 0.717) is 5.82 Å². The standard InChI is InChI=1S/C23H37N5O/c1-17-16-20(29-15-9-14-28(3)4)13-12-19(17)10-7-5-6-8-11-21-18(2)26-23(25)27-22(21)24/h12-13,16H,5-11,14-15H2,1-4H3,(H4,24,25,26,27). The Hall–Kier alpha value is -2.34. The molecule has 0 bridgehead atoms. The summed E-state index contributed by atoms with van der Waals surface area (Å²) in [5, 5.41) is 0. The molecule has 0 aliphatic heterocycles. The molecule has 0 fully saturated rings. The molecule has 6 heteroatoms. The normalized spacial score (nSPS) is 11.2. The largest absolute Gasteiger partial charge is 0.494 e. The predicted octanol–water partition coefficient (Wildman–Crippen LogP) is 3.93. The third-order valence-electron chi connectivity index (χ3n) is 5.22. The summed E-state index contributed by atoms with van der Waals surface area (Å²) in [5.41, 5.74) is 16.3. The Morgan fingerprint density at radius 1 is 0.931 bits per heavy atom. The molecule has 0 atom stereocenters. The first-order chi connectivity index (χ1) is 13.9. The maximum absolute atomic E-state index is 5.98. The van der Waals surface area contributed by atoms with Crippen molar-refractivity contribution in [3.8, 4) is 5.75 Å². The minimum absolute atomic E-state index is 0.254. The van der Waals surface area contributed by atoms with Gasteiger partial charge in [0.05, 0.1) is 6.61 Å². The summed E-state index contributed by atoms with van der Waals surface area (Å²) >= 11 is 0. The topological polar surface area (TPSA) is 90.3 Å². The van der Waals surface area contributed by atoms with Crippen LogP contribution in [0.15, 0.2) is 18.2 Å². The average molecular weight is 400 g/mol. The van der Waals surface area contributed by atoms with E-state index in [1.165, 1.54) is 30.4 Å². The summed E-state index contributed by atoms with van der Waals surface area (Å²) in [6.45, 7) is 5.94. The minimum atomic E-state index is 0.254. The number of benzene rings is 1. The molecule has 29 heavy (non-hydrogen) atoms. The van der Waals surface area contributed by atoms with Crippen LogP contribution >= 0.6 is 0 Å². The number of rotatable bonds is 12. The monoisotopic (exact) mass is 399 g/mol. The van der Waals surface area contributed by atoms with Crippen LogP contribution in [0.4, 0.5) is 11.8 Å². The van der Waals surface area contributed by atoms with Gasteiger partial charge in [-0.05, 0) is 83.3 Å². The van der Waals surface area contributed by atoms with Crippen molar-refractivity contribution in [1.82, 2.24) is 14.9 Å². The summed E-state index contributed by atoms with van der Waals surface area (Å²) in [7, 11) is 4.17. The molecule has 0 saturated carbocycles. The van der Waals surface area contributed by atoms with Crippen LogP contribution in [0.25, 0.3) is 0 Å². The Bertz CT molecular complexity index is 753. The van der Waals surface area contributed by atoms with Crippen molar-refractivity contribution >= 4 is 11.8 Å². The molecule has 0 amide bonds. The number of anilines is 2. The third kappa shape index (κ3) is 7.89. The van der Waals surface area contributed by atoms with E-state index in [0.717, 1.165) is 55.8 Å². The van der Waals surface area contributed by atoms with Crippen molar-refractivity contribution in [3.05, 3.63) is 40.6 Å². The summed E-state index contributed by atoms with van der Waals surface area (Å²) in [6.07, 6.45) is 7.73. The Morgan fingerprint density at radius 2 is 1.66 bits per heavy atom. The Balaban J connectivity index is 1.67. The number of ether oxygens (including phenoxy) is 1. The first-order valence-electron chi connectivity index (χ1n) is 10.6. The lowest BCUT2D eigenvalue weighted by Gasteiger charge is -2.12. The lowest BCUT2D eigenvalue weighted by molar-refractivity contribution is 0.281. The summed E-state index contributed by atoms with van der Waals surface area (Å²) in [5.74, 6) is 1.75. The van der Waals surface area contributed by atoms with Gasteiger partial charge in [-0.25, -0.2) is 4.98 Å². The smallest absolute Gasteiger partial charge is 0.222 e. The molecule has 6 nitrogen and oxygen atoms in total. The highest BCUT2D eigenvalue weighted by Gasteiger charge is 2.08. The molecule has 0 spiro atoms. The lowest BCUT2D eigenvalue weighted by atomic mass is 10.00. The molecule has 2 aromatic rings. The quantitative estimate of drug-likeness (QED) is 0.526. The number of hydrogen-bond acceptors (Lipinski definition) is 6. The van der Waals surface area contributed by atoms with E-state index in [1.54, 1.807) is 0 Å². The third-order valence-corrected chi connectivity index (χ3v) is 5.22. The molecule has 1 aromatic carbocycles. The fourth-order valence-electron chi connectivity index (χ4n) is 3.53. The van der Waals surface area contributed by atoms with Gasteiger partial charge in [-0.15, -0.1) is 0 Å². The lowest BCUT2D eigenvalue weighted by Crippen LogP contribution is -2.15. The summed E-state index contributed by atoms with van der Waals surface area (Å²) < 4.78 is 5.86. The first kappa shape index (κ1) is 22.9. The minimum Gasteiger partial charge on any atom is -0.494 e. The Kier molecular flexibility index (Phi) is 9.19. The number of hydrogen-bond donors (Lipinski definition) is 2. The zero-order chi connectivity index (χ0) is 21.2. The van der Waals surface area contributed by atoms with Crippen LogP contribution in [-0.2, 0) is 12.8 Å². The van der Waals surface area contributed by atoms with Gasteiger partial charge < -0.3 is 21.1 Å². The SMILES string of the molecule is Cc1cc(OCCCN(C)C)ccc1CCCCCCc1c(C)nc(N)nc1N. The Morgan fingerprint density at radius 3 is 2.31 bits per heavy atom. The summed E-state index contributed by atoms with van der Waals surface area (Å²) in [4.78, 5) is 10.5. The Labute approximate surface area is 175 Å². The van der Waals surface area contributed by atoms with E-state index >= 15 is 0 Å².